The average molecular weight is 560 g/mol. The van der Waals surface area contributed by atoms with Gasteiger partial charge in [0.1, 0.15) is 18.1 Å². The molecule has 0 radical (unpaired) electrons. The molecule has 3 amide bonds. The molecular weight excluding hydrogens is 530 g/mol. The van der Waals surface area contributed by atoms with Crippen LogP contribution >= 0.6 is 0 Å². The fourth-order valence-electron chi connectivity index (χ4n) is 3.56. The van der Waals surface area contributed by atoms with E-state index in [1.165, 1.54) is 0 Å². The SMILES string of the molecule is O=C(CC(NC(=O)C(O)C(O)C(=O)O)C(=O)NC(Cc1ccccc1)C(=O)O)NC(Cc1ccccc1)C(=O)O. The second-order valence-electron chi connectivity index (χ2n) is 8.73. The van der Waals surface area contributed by atoms with Gasteiger partial charge in [-0.1, -0.05) is 60.7 Å². The van der Waals surface area contributed by atoms with E-state index in [1.54, 1.807) is 60.7 Å². The Morgan fingerprint density at radius 1 is 0.550 bits per heavy atom. The average Bonchev–Trinajstić information content (AvgIpc) is 2.91. The van der Waals surface area contributed by atoms with E-state index in [0.717, 1.165) is 0 Å². The van der Waals surface area contributed by atoms with Crippen molar-refractivity contribution in [3.05, 3.63) is 71.8 Å². The highest BCUT2D eigenvalue weighted by Gasteiger charge is 2.35. The molecule has 14 nitrogen and oxygen atoms in total. The fourth-order valence-corrected chi connectivity index (χ4v) is 3.56. The lowest BCUT2D eigenvalue weighted by Crippen LogP contribution is -2.57. The highest BCUT2D eigenvalue weighted by molar-refractivity contribution is 5.96. The molecule has 0 aliphatic carbocycles. The minimum absolute atomic E-state index is 0.118. The van der Waals surface area contributed by atoms with Crippen molar-refractivity contribution in [3.8, 4) is 0 Å². The summed E-state index contributed by atoms with van der Waals surface area (Å²) < 4.78 is 0. The van der Waals surface area contributed by atoms with Crippen LogP contribution in [-0.2, 0) is 41.6 Å². The van der Waals surface area contributed by atoms with Crippen LogP contribution in [0.4, 0.5) is 0 Å². The Morgan fingerprint density at radius 2 is 0.975 bits per heavy atom. The maximum Gasteiger partial charge on any atom is 0.335 e. The van der Waals surface area contributed by atoms with Gasteiger partial charge in [-0.25, -0.2) is 14.4 Å². The molecule has 0 aliphatic heterocycles. The van der Waals surface area contributed by atoms with Gasteiger partial charge in [0.15, 0.2) is 12.2 Å². The van der Waals surface area contributed by atoms with E-state index in [0.29, 0.717) is 11.1 Å². The maximum atomic E-state index is 13.0. The van der Waals surface area contributed by atoms with Crippen LogP contribution in [0.1, 0.15) is 17.5 Å². The topological polar surface area (TPSA) is 240 Å². The molecule has 0 fully saturated rings. The van der Waals surface area contributed by atoms with E-state index in [9.17, 15) is 49.2 Å². The lowest BCUT2D eigenvalue weighted by molar-refractivity contribution is -0.158. The molecule has 5 unspecified atom stereocenters. The van der Waals surface area contributed by atoms with Crippen molar-refractivity contribution in [2.75, 3.05) is 0 Å². The zero-order valence-electron chi connectivity index (χ0n) is 21.0. The first kappa shape index (κ1) is 31.4. The fraction of sp³-hybridized carbons (Fsp3) is 0.308. The van der Waals surface area contributed by atoms with Gasteiger partial charge in [0.05, 0.1) is 6.42 Å². The van der Waals surface area contributed by atoms with Crippen LogP contribution in [0.25, 0.3) is 0 Å². The Kier molecular flexibility index (Phi) is 11.7. The van der Waals surface area contributed by atoms with Gasteiger partial charge in [0.2, 0.25) is 11.8 Å². The van der Waals surface area contributed by atoms with Crippen molar-refractivity contribution in [2.45, 2.75) is 49.6 Å². The number of carboxylic acid groups (broad SMARTS) is 3. The number of carbonyl (C=O) groups is 6. The summed E-state index contributed by atoms with van der Waals surface area (Å²) in [5, 5.41) is 53.5. The van der Waals surface area contributed by atoms with Gasteiger partial charge < -0.3 is 41.5 Å². The number of carbonyl (C=O) groups excluding carboxylic acids is 3. The molecule has 0 aliphatic rings. The van der Waals surface area contributed by atoms with E-state index < -0.39 is 72.4 Å². The minimum atomic E-state index is -2.57. The van der Waals surface area contributed by atoms with E-state index >= 15 is 0 Å². The molecule has 0 spiro atoms. The third-order valence-corrected chi connectivity index (χ3v) is 5.66. The Balaban J connectivity index is 2.22. The second kappa shape index (κ2) is 14.9. The van der Waals surface area contributed by atoms with Crippen molar-refractivity contribution >= 4 is 35.6 Å². The van der Waals surface area contributed by atoms with Crippen LogP contribution in [0.15, 0.2) is 60.7 Å². The summed E-state index contributed by atoms with van der Waals surface area (Å²) in [5.74, 6) is -8.55. The molecule has 5 atom stereocenters. The molecule has 2 rings (SSSR count). The maximum absolute atomic E-state index is 13.0. The molecule has 40 heavy (non-hydrogen) atoms. The lowest BCUT2D eigenvalue weighted by Gasteiger charge is -2.24. The number of carboxylic acids is 3. The van der Waals surface area contributed by atoms with Crippen molar-refractivity contribution < 1.29 is 54.3 Å². The van der Waals surface area contributed by atoms with Gasteiger partial charge in [-0.05, 0) is 11.1 Å². The molecule has 0 heterocycles. The van der Waals surface area contributed by atoms with E-state index in [1.807, 2.05) is 5.32 Å². The zero-order chi connectivity index (χ0) is 29.8. The normalized spacial score (nSPS) is 14.4. The van der Waals surface area contributed by atoms with Crippen LogP contribution < -0.4 is 16.0 Å². The summed E-state index contributed by atoms with van der Waals surface area (Å²) in [4.78, 5) is 72.5. The first-order chi connectivity index (χ1) is 18.9. The van der Waals surface area contributed by atoms with Crippen LogP contribution in [0.5, 0.6) is 0 Å². The van der Waals surface area contributed by atoms with Crippen LogP contribution in [0.2, 0.25) is 0 Å². The highest BCUT2D eigenvalue weighted by atomic mass is 16.4. The zero-order valence-corrected chi connectivity index (χ0v) is 21.0. The number of amides is 3. The van der Waals surface area contributed by atoms with E-state index in [2.05, 4.69) is 10.6 Å². The first-order valence-electron chi connectivity index (χ1n) is 11.9. The molecule has 14 heteroatoms. The van der Waals surface area contributed by atoms with Crippen LogP contribution in [-0.4, -0.2) is 91.5 Å². The van der Waals surface area contributed by atoms with Gasteiger partial charge in [0, 0.05) is 12.8 Å². The molecule has 0 saturated carbocycles. The van der Waals surface area contributed by atoms with Gasteiger partial charge in [0.25, 0.3) is 5.91 Å². The molecule has 2 aromatic rings. The van der Waals surface area contributed by atoms with Crippen LogP contribution in [0.3, 0.4) is 0 Å². The molecule has 214 valence electrons. The summed E-state index contributed by atoms with van der Waals surface area (Å²) in [5.41, 5.74) is 1.12. The predicted molar refractivity (Wildman–Crippen MR) is 136 cm³/mol. The summed E-state index contributed by atoms with van der Waals surface area (Å²) >= 11 is 0. The first-order valence-corrected chi connectivity index (χ1v) is 11.9. The molecular formula is C26H29N3O11. The van der Waals surface area contributed by atoms with Crippen LogP contribution in [0, 0.1) is 0 Å². The van der Waals surface area contributed by atoms with Gasteiger partial charge in [-0.3, -0.25) is 14.4 Å². The minimum Gasteiger partial charge on any atom is -0.480 e. The van der Waals surface area contributed by atoms with Crippen molar-refractivity contribution in [1.82, 2.24) is 16.0 Å². The van der Waals surface area contributed by atoms with Gasteiger partial charge in [-0.2, -0.15) is 0 Å². The number of aliphatic hydroxyl groups excluding tert-OH is 2. The number of rotatable bonds is 15. The van der Waals surface area contributed by atoms with Crippen molar-refractivity contribution in [3.63, 3.8) is 0 Å². The lowest BCUT2D eigenvalue weighted by atomic mass is 10.0. The number of nitrogens with one attached hydrogen (secondary N) is 3. The number of aliphatic hydroxyl groups is 2. The Bertz CT molecular complexity index is 1210. The molecule has 0 aromatic heterocycles. The van der Waals surface area contributed by atoms with Gasteiger partial charge in [-0.15, -0.1) is 0 Å². The standard InChI is InChI=1S/C26H29N3O11/c30-19(27-17(24(35)36)11-14-7-3-1-4-8-14)13-16(28-23(34)20(31)21(32)26(39)40)22(33)29-18(25(37)38)12-15-9-5-2-6-10-15/h1-10,16-18,20-21,31-32H,11-13H2,(H,27,30)(H,28,34)(H,29,33)(H,35,36)(H,37,38)(H,39,40). The second-order valence-corrected chi connectivity index (χ2v) is 8.73. The predicted octanol–water partition coefficient (Wildman–Crippen LogP) is -1.71. The third-order valence-electron chi connectivity index (χ3n) is 5.66. The smallest absolute Gasteiger partial charge is 0.335 e. The largest absolute Gasteiger partial charge is 0.480 e. The quantitative estimate of drug-likeness (QED) is 0.122. The van der Waals surface area contributed by atoms with Crippen molar-refractivity contribution in [1.29, 1.82) is 0 Å². The third kappa shape index (κ3) is 9.81. The number of aliphatic carboxylic acids is 3. The number of hydrogen-bond acceptors (Lipinski definition) is 8. The van der Waals surface area contributed by atoms with E-state index in [-0.39, 0.29) is 12.8 Å². The summed E-state index contributed by atoms with van der Waals surface area (Å²) in [6.07, 6.45) is -6.31. The van der Waals surface area contributed by atoms with Gasteiger partial charge >= 0.3 is 17.9 Å². The molecule has 0 bridgehead atoms. The summed E-state index contributed by atoms with van der Waals surface area (Å²) in [7, 11) is 0. The molecule has 8 N–H and O–H groups in total. The highest BCUT2D eigenvalue weighted by Crippen LogP contribution is 2.07. The Morgan fingerprint density at radius 3 is 1.40 bits per heavy atom. The number of hydrogen-bond donors (Lipinski definition) is 8. The Hall–Kier alpha value is -4.82. The Labute approximate surface area is 227 Å². The molecule has 2 aromatic carbocycles. The van der Waals surface area contributed by atoms with E-state index in [4.69, 9.17) is 5.11 Å². The number of benzene rings is 2. The monoisotopic (exact) mass is 559 g/mol. The molecule has 0 saturated heterocycles. The van der Waals surface area contributed by atoms with Crippen molar-refractivity contribution in [2.24, 2.45) is 0 Å². The summed E-state index contributed by atoms with van der Waals surface area (Å²) in [6, 6.07) is 11.7. The summed E-state index contributed by atoms with van der Waals surface area (Å²) in [6.45, 7) is 0.